The lowest BCUT2D eigenvalue weighted by molar-refractivity contribution is 1.13. The van der Waals surface area contributed by atoms with E-state index in [-0.39, 0.29) is 0 Å². The van der Waals surface area contributed by atoms with E-state index in [9.17, 15) is 0 Å². The van der Waals surface area contributed by atoms with Gasteiger partial charge in [0.25, 0.3) is 0 Å². The molecule has 0 aliphatic rings. The summed E-state index contributed by atoms with van der Waals surface area (Å²) in [7, 11) is 0. The summed E-state index contributed by atoms with van der Waals surface area (Å²) in [4.78, 5) is 7.76. The first-order valence-electron chi connectivity index (χ1n) is 3.11. The Kier molecular flexibility index (Phi) is 1.00. The highest BCUT2D eigenvalue weighted by Crippen LogP contribution is 2.12. The van der Waals surface area contributed by atoms with E-state index >= 15 is 0 Å². The third-order valence-corrected chi connectivity index (χ3v) is 1.52. The minimum Gasteiger partial charge on any atom is -0.383 e. The van der Waals surface area contributed by atoms with Crippen molar-refractivity contribution in [3.63, 3.8) is 0 Å². The largest absolute Gasteiger partial charge is 0.383 e. The molecule has 56 valence electrons. The van der Waals surface area contributed by atoms with Crippen molar-refractivity contribution in [1.29, 1.82) is 0 Å². The quantitative estimate of drug-likeness (QED) is 0.547. The van der Waals surface area contributed by atoms with E-state index in [0.717, 1.165) is 5.52 Å². The minimum absolute atomic E-state index is 0.449. The zero-order valence-corrected chi connectivity index (χ0v) is 5.73. The van der Waals surface area contributed by atoms with Crippen LogP contribution in [0.1, 0.15) is 0 Å². The lowest BCUT2D eigenvalue weighted by atomic mass is 10.5. The van der Waals surface area contributed by atoms with Gasteiger partial charge in [0, 0.05) is 0 Å². The van der Waals surface area contributed by atoms with E-state index in [1.165, 1.54) is 0 Å². The maximum absolute atomic E-state index is 5.57. The van der Waals surface area contributed by atoms with Crippen LogP contribution in [0.5, 0.6) is 0 Å². The third-order valence-electron chi connectivity index (χ3n) is 1.52. The second kappa shape index (κ2) is 1.85. The van der Waals surface area contributed by atoms with Gasteiger partial charge in [-0.25, -0.2) is 4.98 Å². The van der Waals surface area contributed by atoms with E-state index in [4.69, 9.17) is 11.5 Å². The van der Waals surface area contributed by atoms with Crippen LogP contribution in [0.4, 0.5) is 11.6 Å². The Morgan fingerprint density at radius 3 is 2.82 bits per heavy atom. The summed E-state index contributed by atoms with van der Waals surface area (Å²) in [6.07, 6.45) is 4.74. The number of hydrogen-bond acceptors (Lipinski definition) is 4. The molecular formula is C6H7N5. The Balaban J connectivity index is 2.94. The van der Waals surface area contributed by atoms with E-state index in [1.807, 2.05) is 0 Å². The van der Waals surface area contributed by atoms with Gasteiger partial charge >= 0.3 is 0 Å². The summed E-state index contributed by atoms with van der Waals surface area (Å²) in [5.41, 5.74) is 11.8. The molecule has 0 bridgehead atoms. The summed E-state index contributed by atoms with van der Waals surface area (Å²) in [5.74, 6) is 0.983. The van der Waals surface area contributed by atoms with E-state index in [1.54, 1.807) is 23.1 Å². The average Bonchev–Trinajstić information content (AvgIpc) is 2.35. The van der Waals surface area contributed by atoms with E-state index in [2.05, 4.69) is 9.97 Å². The first-order valence-corrected chi connectivity index (χ1v) is 3.11. The summed E-state index contributed by atoms with van der Waals surface area (Å²) in [6, 6.07) is 0. The van der Waals surface area contributed by atoms with Crippen molar-refractivity contribution < 1.29 is 0 Å². The predicted octanol–water partition coefficient (Wildman–Crippen LogP) is -0.106. The molecular weight excluding hydrogens is 142 g/mol. The molecule has 0 saturated heterocycles. The van der Waals surface area contributed by atoms with Crippen LogP contribution < -0.4 is 11.5 Å². The molecule has 0 amide bonds. The molecule has 0 unspecified atom stereocenters. The fraction of sp³-hybridized carbons (Fsp3) is 0. The summed E-state index contributed by atoms with van der Waals surface area (Å²) in [6.45, 7) is 0. The average molecular weight is 149 g/mol. The highest BCUT2D eigenvalue weighted by Gasteiger charge is 2.00. The van der Waals surface area contributed by atoms with Gasteiger partial charge in [-0.1, -0.05) is 0 Å². The molecule has 4 N–H and O–H groups in total. The molecule has 0 radical (unpaired) electrons. The van der Waals surface area contributed by atoms with Crippen LogP contribution >= 0.6 is 0 Å². The maximum atomic E-state index is 5.57. The van der Waals surface area contributed by atoms with Gasteiger partial charge in [-0.15, -0.1) is 0 Å². The lowest BCUT2D eigenvalue weighted by Crippen LogP contribution is -1.96. The normalized spacial score (nSPS) is 10.5. The molecule has 0 atom stereocenters. The topological polar surface area (TPSA) is 82.2 Å². The summed E-state index contributed by atoms with van der Waals surface area (Å²) >= 11 is 0. The van der Waals surface area contributed by atoms with Gasteiger partial charge in [0.1, 0.15) is 17.7 Å². The van der Waals surface area contributed by atoms with Crippen molar-refractivity contribution >= 4 is 17.2 Å². The van der Waals surface area contributed by atoms with Crippen molar-refractivity contribution in [2.45, 2.75) is 0 Å². The van der Waals surface area contributed by atoms with Gasteiger partial charge < -0.3 is 11.5 Å². The van der Waals surface area contributed by atoms with Crippen molar-refractivity contribution in [2.75, 3.05) is 11.5 Å². The Bertz CT molecular complexity index is 391. The molecule has 2 heterocycles. The third kappa shape index (κ3) is 0.706. The molecule has 0 fully saturated rings. The minimum atomic E-state index is 0.449. The molecule has 2 aromatic rings. The van der Waals surface area contributed by atoms with Crippen molar-refractivity contribution in [2.24, 2.45) is 0 Å². The van der Waals surface area contributed by atoms with Gasteiger partial charge in [0.2, 0.25) is 0 Å². The lowest BCUT2D eigenvalue weighted by Gasteiger charge is -1.96. The Labute approximate surface area is 62.7 Å². The Hall–Kier alpha value is -1.78. The number of nitrogen functional groups attached to an aromatic ring is 2. The highest BCUT2D eigenvalue weighted by molar-refractivity contribution is 5.66. The van der Waals surface area contributed by atoms with E-state index < -0.39 is 0 Å². The molecule has 0 spiro atoms. The van der Waals surface area contributed by atoms with Gasteiger partial charge in [-0.05, 0) is 0 Å². The number of fused-ring (bicyclic) bond motifs is 1. The molecule has 5 heteroatoms. The molecule has 0 saturated carbocycles. The monoisotopic (exact) mass is 149 g/mol. The second-order valence-electron chi connectivity index (χ2n) is 2.22. The summed E-state index contributed by atoms with van der Waals surface area (Å²) in [5, 5.41) is 0. The first-order chi connectivity index (χ1) is 5.29. The van der Waals surface area contributed by atoms with Crippen LogP contribution in [-0.2, 0) is 0 Å². The molecule has 0 aliphatic carbocycles. The number of imidazole rings is 1. The van der Waals surface area contributed by atoms with Gasteiger partial charge in [0.05, 0.1) is 12.4 Å². The number of nitrogens with zero attached hydrogens (tertiary/aromatic N) is 3. The van der Waals surface area contributed by atoms with Crippen LogP contribution in [0.15, 0.2) is 18.7 Å². The molecule has 2 rings (SSSR count). The summed E-state index contributed by atoms with van der Waals surface area (Å²) < 4.78 is 1.68. The molecule has 2 aromatic heterocycles. The smallest absolute Gasteiger partial charge is 0.151 e. The maximum Gasteiger partial charge on any atom is 0.151 e. The predicted molar refractivity (Wildman–Crippen MR) is 41.8 cm³/mol. The van der Waals surface area contributed by atoms with Gasteiger partial charge in [0.15, 0.2) is 5.82 Å². The van der Waals surface area contributed by atoms with Crippen molar-refractivity contribution in [3.8, 4) is 0 Å². The molecule has 5 nitrogen and oxygen atoms in total. The standard InChI is InChI=1S/C6H7N5/c7-5-2-9-1-4-6(8)10-3-11(4)5/h1-3H,7-8H2. The molecule has 0 aliphatic heterocycles. The van der Waals surface area contributed by atoms with Crippen LogP contribution in [0, 0.1) is 0 Å². The Morgan fingerprint density at radius 1 is 1.27 bits per heavy atom. The zero-order chi connectivity index (χ0) is 7.84. The number of aromatic nitrogens is 3. The van der Waals surface area contributed by atoms with Crippen LogP contribution in [0.25, 0.3) is 5.52 Å². The van der Waals surface area contributed by atoms with Crippen LogP contribution in [0.3, 0.4) is 0 Å². The van der Waals surface area contributed by atoms with Crippen molar-refractivity contribution in [1.82, 2.24) is 14.4 Å². The Morgan fingerprint density at radius 2 is 2.09 bits per heavy atom. The number of nitrogens with two attached hydrogens (primary N) is 2. The van der Waals surface area contributed by atoms with Crippen LogP contribution in [-0.4, -0.2) is 14.4 Å². The number of hydrogen-bond donors (Lipinski definition) is 2. The number of rotatable bonds is 0. The highest BCUT2D eigenvalue weighted by atomic mass is 15.1. The zero-order valence-electron chi connectivity index (χ0n) is 5.73. The SMILES string of the molecule is Nc1ncn2c(N)cncc12. The molecule has 11 heavy (non-hydrogen) atoms. The van der Waals surface area contributed by atoms with Gasteiger partial charge in [-0.2, -0.15) is 0 Å². The fourth-order valence-corrected chi connectivity index (χ4v) is 0.952. The first kappa shape index (κ1) is 5.96. The fourth-order valence-electron chi connectivity index (χ4n) is 0.952. The number of anilines is 2. The van der Waals surface area contributed by atoms with Crippen molar-refractivity contribution in [3.05, 3.63) is 18.7 Å². The van der Waals surface area contributed by atoms with Crippen LogP contribution in [0.2, 0.25) is 0 Å². The second-order valence-corrected chi connectivity index (χ2v) is 2.22. The van der Waals surface area contributed by atoms with E-state index in [0.29, 0.717) is 11.6 Å². The van der Waals surface area contributed by atoms with Gasteiger partial charge in [-0.3, -0.25) is 9.38 Å². The molecule has 0 aromatic carbocycles.